The van der Waals surface area contributed by atoms with Crippen LogP contribution in [0.25, 0.3) is 0 Å². The largest absolute Gasteiger partial charge is 0.374 e. The maximum Gasteiger partial charge on any atom is 0.224 e. The van der Waals surface area contributed by atoms with E-state index in [-0.39, 0.29) is 5.91 Å². The Kier molecular flexibility index (Phi) is 4.94. The molecule has 0 spiro atoms. The highest BCUT2D eigenvalue weighted by Crippen LogP contribution is 2.09. The molecule has 0 heterocycles. The van der Waals surface area contributed by atoms with Crippen molar-refractivity contribution in [1.29, 1.82) is 0 Å². The smallest absolute Gasteiger partial charge is 0.224 e. The van der Waals surface area contributed by atoms with Crippen molar-refractivity contribution in [2.24, 2.45) is 0 Å². The predicted octanol–water partition coefficient (Wildman–Crippen LogP) is 1.41. The Balaban J connectivity index is 2.51. The van der Waals surface area contributed by atoms with Gasteiger partial charge in [-0.15, -0.1) is 6.42 Å². The fourth-order valence-corrected chi connectivity index (χ4v) is 1.34. The van der Waals surface area contributed by atoms with Crippen LogP contribution in [0, 0.1) is 12.3 Å². The number of amides is 1. The Morgan fingerprint density at radius 3 is 2.62 bits per heavy atom. The van der Waals surface area contributed by atoms with E-state index in [0.717, 1.165) is 11.3 Å². The molecule has 0 aliphatic heterocycles. The highest BCUT2D eigenvalue weighted by molar-refractivity contribution is 5.78. The number of terminal acetylenes is 1. The van der Waals surface area contributed by atoms with Gasteiger partial charge >= 0.3 is 0 Å². The normalized spacial score (nSPS) is 9.25. The van der Waals surface area contributed by atoms with Crippen LogP contribution in [0.4, 0.5) is 5.69 Å². The van der Waals surface area contributed by atoms with Crippen molar-refractivity contribution in [2.45, 2.75) is 13.3 Å². The summed E-state index contributed by atoms with van der Waals surface area (Å²) in [5, 5.41) is 5.83. The lowest BCUT2D eigenvalue weighted by Gasteiger charge is -2.05. The predicted molar refractivity (Wildman–Crippen MR) is 66.2 cm³/mol. The summed E-state index contributed by atoms with van der Waals surface area (Å²) in [6.45, 7) is 3.08. The summed E-state index contributed by atoms with van der Waals surface area (Å²) < 4.78 is 0. The number of carbonyl (C=O) groups excluding carboxylic acids is 1. The monoisotopic (exact) mass is 216 g/mol. The summed E-state index contributed by atoms with van der Waals surface area (Å²) in [7, 11) is 0. The van der Waals surface area contributed by atoms with Gasteiger partial charge in [-0.2, -0.15) is 0 Å². The zero-order valence-corrected chi connectivity index (χ0v) is 9.42. The number of carbonyl (C=O) groups is 1. The number of hydrogen-bond donors (Lipinski definition) is 2. The van der Waals surface area contributed by atoms with E-state index in [4.69, 9.17) is 6.42 Å². The number of rotatable bonds is 5. The van der Waals surface area contributed by atoms with Crippen LogP contribution in [0.1, 0.15) is 12.5 Å². The molecule has 16 heavy (non-hydrogen) atoms. The highest BCUT2D eigenvalue weighted by Gasteiger charge is 2.01. The lowest BCUT2D eigenvalue weighted by atomic mass is 10.1. The van der Waals surface area contributed by atoms with Crippen LogP contribution in [0.3, 0.4) is 0 Å². The lowest BCUT2D eigenvalue weighted by molar-refractivity contribution is -0.120. The number of nitrogens with one attached hydrogen (secondary N) is 2. The van der Waals surface area contributed by atoms with Crippen LogP contribution in [0.5, 0.6) is 0 Å². The standard InChI is InChI=1S/C13H16N2O/c1-3-9-15-12-7-5-11(6-8-12)10-13(16)14-4-2/h1,5-8,15H,4,9-10H2,2H3,(H,14,16). The molecule has 1 rings (SSSR count). The van der Waals surface area contributed by atoms with Gasteiger partial charge in [0, 0.05) is 12.2 Å². The Morgan fingerprint density at radius 2 is 2.06 bits per heavy atom. The van der Waals surface area contributed by atoms with Crippen LogP contribution >= 0.6 is 0 Å². The minimum atomic E-state index is 0.0480. The second-order valence-corrected chi connectivity index (χ2v) is 3.38. The number of benzene rings is 1. The molecule has 0 fully saturated rings. The first-order valence-electron chi connectivity index (χ1n) is 5.29. The Bertz CT molecular complexity index is 376. The van der Waals surface area contributed by atoms with E-state index in [2.05, 4.69) is 16.6 Å². The van der Waals surface area contributed by atoms with E-state index in [9.17, 15) is 4.79 Å². The number of likely N-dealkylation sites (N-methyl/N-ethyl adjacent to an activating group) is 1. The summed E-state index contributed by atoms with van der Waals surface area (Å²) in [6, 6.07) is 7.69. The molecule has 0 bridgehead atoms. The molecule has 2 N–H and O–H groups in total. The van der Waals surface area contributed by atoms with Crippen molar-refractivity contribution in [3.05, 3.63) is 29.8 Å². The first kappa shape index (κ1) is 12.1. The van der Waals surface area contributed by atoms with E-state index in [0.29, 0.717) is 19.5 Å². The van der Waals surface area contributed by atoms with Gasteiger partial charge in [-0.3, -0.25) is 4.79 Å². The molecular formula is C13H16N2O. The maximum atomic E-state index is 11.3. The molecule has 0 radical (unpaired) electrons. The minimum Gasteiger partial charge on any atom is -0.374 e. The van der Waals surface area contributed by atoms with Gasteiger partial charge in [-0.05, 0) is 24.6 Å². The van der Waals surface area contributed by atoms with Crippen LogP contribution in [0.15, 0.2) is 24.3 Å². The molecule has 0 aliphatic rings. The number of hydrogen-bond acceptors (Lipinski definition) is 2. The fraction of sp³-hybridized carbons (Fsp3) is 0.308. The zero-order valence-electron chi connectivity index (χ0n) is 9.42. The van der Waals surface area contributed by atoms with Gasteiger partial charge in [0.05, 0.1) is 13.0 Å². The summed E-state index contributed by atoms with van der Waals surface area (Å²) >= 11 is 0. The highest BCUT2D eigenvalue weighted by atomic mass is 16.1. The molecule has 0 aliphatic carbocycles. The van der Waals surface area contributed by atoms with Crippen molar-refractivity contribution >= 4 is 11.6 Å². The summed E-state index contributed by atoms with van der Waals surface area (Å²) in [5.74, 6) is 2.55. The molecule has 0 aromatic heterocycles. The van der Waals surface area contributed by atoms with E-state index in [1.165, 1.54) is 0 Å². The van der Waals surface area contributed by atoms with Crippen LogP contribution < -0.4 is 10.6 Å². The van der Waals surface area contributed by atoms with Crippen molar-refractivity contribution in [1.82, 2.24) is 5.32 Å². The second-order valence-electron chi connectivity index (χ2n) is 3.38. The zero-order chi connectivity index (χ0) is 11.8. The summed E-state index contributed by atoms with van der Waals surface area (Å²) in [4.78, 5) is 11.3. The van der Waals surface area contributed by atoms with Crippen LogP contribution in [0.2, 0.25) is 0 Å². The molecular weight excluding hydrogens is 200 g/mol. The van der Waals surface area contributed by atoms with E-state index in [1.807, 2.05) is 31.2 Å². The molecule has 0 unspecified atom stereocenters. The molecule has 3 heteroatoms. The molecule has 0 saturated carbocycles. The Labute approximate surface area is 96.2 Å². The van der Waals surface area contributed by atoms with E-state index >= 15 is 0 Å². The Hall–Kier alpha value is -1.95. The Morgan fingerprint density at radius 1 is 1.38 bits per heavy atom. The fourth-order valence-electron chi connectivity index (χ4n) is 1.34. The third-order valence-electron chi connectivity index (χ3n) is 2.09. The van der Waals surface area contributed by atoms with Crippen molar-refractivity contribution in [2.75, 3.05) is 18.4 Å². The van der Waals surface area contributed by atoms with Crippen LogP contribution in [-0.2, 0) is 11.2 Å². The molecule has 1 aromatic rings. The lowest BCUT2D eigenvalue weighted by Crippen LogP contribution is -2.24. The first-order chi connectivity index (χ1) is 7.76. The molecule has 84 valence electrons. The first-order valence-corrected chi connectivity index (χ1v) is 5.29. The van der Waals surface area contributed by atoms with Gasteiger partial charge in [0.2, 0.25) is 5.91 Å². The van der Waals surface area contributed by atoms with Crippen LogP contribution in [-0.4, -0.2) is 19.0 Å². The quantitative estimate of drug-likeness (QED) is 0.731. The third-order valence-corrected chi connectivity index (χ3v) is 2.09. The second kappa shape index (κ2) is 6.52. The third kappa shape index (κ3) is 4.05. The summed E-state index contributed by atoms with van der Waals surface area (Å²) in [6.07, 6.45) is 5.56. The summed E-state index contributed by atoms with van der Waals surface area (Å²) in [5.41, 5.74) is 1.97. The van der Waals surface area contributed by atoms with Gasteiger partial charge in [0.1, 0.15) is 0 Å². The SMILES string of the molecule is C#CCNc1ccc(CC(=O)NCC)cc1. The molecule has 0 atom stereocenters. The van der Waals surface area contributed by atoms with Gasteiger partial charge in [0.25, 0.3) is 0 Å². The molecule has 3 nitrogen and oxygen atoms in total. The van der Waals surface area contributed by atoms with Gasteiger partial charge < -0.3 is 10.6 Å². The van der Waals surface area contributed by atoms with E-state index < -0.39 is 0 Å². The topological polar surface area (TPSA) is 41.1 Å². The van der Waals surface area contributed by atoms with Gasteiger partial charge in [-0.1, -0.05) is 18.1 Å². The van der Waals surface area contributed by atoms with Crippen molar-refractivity contribution < 1.29 is 4.79 Å². The average molecular weight is 216 g/mol. The van der Waals surface area contributed by atoms with Crippen molar-refractivity contribution in [3.8, 4) is 12.3 Å². The van der Waals surface area contributed by atoms with Gasteiger partial charge in [-0.25, -0.2) is 0 Å². The number of anilines is 1. The average Bonchev–Trinajstić information content (AvgIpc) is 2.28. The van der Waals surface area contributed by atoms with E-state index in [1.54, 1.807) is 0 Å². The maximum absolute atomic E-state index is 11.3. The minimum absolute atomic E-state index is 0.0480. The molecule has 1 aromatic carbocycles. The van der Waals surface area contributed by atoms with Crippen molar-refractivity contribution in [3.63, 3.8) is 0 Å². The molecule has 0 saturated heterocycles. The molecule has 1 amide bonds. The van der Waals surface area contributed by atoms with Gasteiger partial charge in [0.15, 0.2) is 0 Å².